The van der Waals surface area contributed by atoms with Crippen molar-refractivity contribution in [2.45, 2.75) is 18.9 Å². The first-order chi connectivity index (χ1) is 9.96. The average molecular weight is 351 g/mol. The summed E-state index contributed by atoms with van der Waals surface area (Å²) in [4.78, 5) is 0. The topological polar surface area (TPSA) is 38.7 Å². The monoisotopic (exact) mass is 350 g/mol. The zero-order valence-corrected chi connectivity index (χ0v) is 14.0. The molecule has 4 heteroatoms. The molecule has 1 unspecified atom stereocenters. The molecule has 2 aromatic rings. The average Bonchev–Trinajstić information content (AvgIpc) is 2.48. The van der Waals surface area contributed by atoms with E-state index in [0.29, 0.717) is 23.5 Å². The van der Waals surface area contributed by atoms with Crippen molar-refractivity contribution in [3.8, 4) is 11.5 Å². The molecule has 0 saturated heterocycles. The van der Waals surface area contributed by atoms with Crippen LogP contribution in [0.25, 0.3) is 0 Å². The van der Waals surface area contributed by atoms with Crippen molar-refractivity contribution < 1.29 is 14.6 Å². The SMILES string of the molecule is COc1ccc(OC)c(C(C)(O)Cc2ccc(Br)cc2)c1. The van der Waals surface area contributed by atoms with Crippen LogP contribution in [0.1, 0.15) is 18.1 Å². The number of benzene rings is 2. The van der Waals surface area contributed by atoms with Gasteiger partial charge in [-0.2, -0.15) is 0 Å². The summed E-state index contributed by atoms with van der Waals surface area (Å²) < 4.78 is 11.6. The number of ether oxygens (including phenoxy) is 2. The molecule has 2 rings (SSSR count). The zero-order valence-electron chi connectivity index (χ0n) is 12.4. The van der Waals surface area contributed by atoms with E-state index in [1.165, 1.54) is 0 Å². The van der Waals surface area contributed by atoms with Crippen LogP contribution in [-0.2, 0) is 12.0 Å². The molecule has 21 heavy (non-hydrogen) atoms. The molecule has 3 nitrogen and oxygen atoms in total. The van der Waals surface area contributed by atoms with Crippen LogP contribution >= 0.6 is 15.9 Å². The summed E-state index contributed by atoms with van der Waals surface area (Å²) in [5.74, 6) is 1.35. The van der Waals surface area contributed by atoms with Gasteiger partial charge in [-0.1, -0.05) is 28.1 Å². The van der Waals surface area contributed by atoms with Crippen LogP contribution in [0, 0.1) is 0 Å². The Kier molecular flexibility index (Phi) is 4.91. The molecule has 0 aliphatic carbocycles. The Labute approximate surface area is 133 Å². The minimum Gasteiger partial charge on any atom is -0.497 e. The maximum atomic E-state index is 10.9. The molecule has 2 aromatic carbocycles. The van der Waals surface area contributed by atoms with Crippen LogP contribution < -0.4 is 9.47 Å². The quantitative estimate of drug-likeness (QED) is 0.888. The third-order valence-electron chi connectivity index (χ3n) is 3.45. The number of halogens is 1. The number of methoxy groups -OCH3 is 2. The number of hydrogen-bond acceptors (Lipinski definition) is 3. The van der Waals surface area contributed by atoms with Crippen LogP contribution in [-0.4, -0.2) is 19.3 Å². The van der Waals surface area contributed by atoms with Crippen molar-refractivity contribution in [1.82, 2.24) is 0 Å². The fourth-order valence-corrected chi connectivity index (χ4v) is 2.59. The van der Waals surface area contributed by atoms with Crippen molar-refractivity contribution in [3.63, 3.8) is 0 Å². The van der Waals surface area contributed by atoms with Gasteiger partial charge in [0.15, 0.2) is 0 Å². The van der Waals surface area contributed by atoms with Gasteiger partial charge in [-0.15, -0.1) is 0 Å². The molecule has 0 aliphatic heterocycles. The molecule has 0 aliphatic rings. The van der Waals surface area contributed by atoms with Gasteiger partial charge in [-0.3, -0.25) is 0 Å². The number of hydrogen-bond donors (Lipinski definition) is 1. The molecule has 0 heterocycles. The third-order valence-corrected chi connectivity index (χ3v) is 3.98. The van der Waals surface area contributed by atoms with E-state index in [4.69, 9.17) is 9.47 Å². The van der Waals surface area contributed by atoms with Gasteiger partial charge in [0.1, 0.15) is 11.5 Å². The van der Waals surface area contributed by atoms with Crippen LogP contribution in [0.5, 0.6) is 11.5 Å². The van der Waals surface area contributed by atoms with Gasteiger partial charge in [0, 0.05) is 16.5 Å². The summed E-state index contributed by atoms with van der Waals surface area (Å²) in [5.41, 5.74) is 0.716. The highest BCUT2D eigenvalue weighted by Crippen LogP contribution is 2.35. The fourth-order valence-electron chi connectivity index (χ4n) is 2.33. The maximum absolute atomic E-state index is 10.9. The fraction of sp³-hybridized carbons (Fsp3) is 0.294. The highest BCUT2D eigenvalue weighted by atomic mass is 79.9. The van der Waals surface area contributed by atoms with Crippen LogP contribution in [0.15, 0.2) is 46.9 Å². The molecule has 0 spiro atoms. The molecule has 0 radical (unpaired) electrons. The molecular formula is C17H19BrO3. The molecule has 0 bridgehead atoms. The predicted molar refractivity (Wildman–Crippen MR) is 87.0 cm³/mol. The lowest BCUT2D eigenvalue weighted by Gasteiger charge is -2.26. The van der Waals surface area contributed by atoms with Crippen molar-refractivity contribution in [1.29, 1.82) is 0 Å². The van der Waals surface area contributed by atoms with Crippen LogP contribution in [0.2, 0.25) is 0 Å². The Morgan fingerprint density at radius 3 is 2.29 bits per heavy atom. The molecule has 0 fully saturated rings. The Morgan fingerprint density at radius 1 is 1.05 bits per heavy atom. The van der Waals surface area contributed by atoms with E-state index in [1.807, 2.05) is 42.5 Å². The molecule has 0 aromatic heterocycles. The summed E-state index contributed by atoms with van der Waals surface area (Å²) in [6.45, 7) is 1.78. The molecule has 112 valence electrons. The van der Waals surface area contributed by atoms with Crippen LogP contribution in [0.4, 0.5) is 0 Å². The first kappa shape index (κ1) is 15.9. The van der Waals surface area contributed by atoms with Gasteiger partial charge in [-0.05, 0) is 42.8 Å². The van der Waals surface area contributed by atoms with Gasteiger partial charge in [0.25, 0.3) is 0 Å². The predicted octanol–water partition coefficient (Wildman–Crippen LogP) is 3.92. The smallest absolute Gasteiger partial charge is 0.125 e. The highest BCUT2D eigenvalue weighted by Gasteiger charge is 2.28. The Morgan fingerprint density at radius 2 is 1.71 bits per heavy atom. The van der Waals surface area contributed by atoms with Gasteiger partial charge < -0.3 is 14.6 Å². The van der Waals surface area contributed by atoms with Gasteiger partial charge in [-0.25, -0.2) is 0 Å². The van der Waals surface area contributed by atoms with Gasteiger partial charge >= 0.3 is 0 Å². The summed E-state index contributed by atoms with van der Waals surface area (Å²) >= 11 is 3.41. The van der Waals surface area contributed by atoms with Gasteiger partial charge in [0.05, 0.1) is 19.8 Å². The standard InChI is InChI=1S/C17H19BrO3/c1-17(19,11-12-4-6-13(18)7-5-12)15-10-14(20-2)8-9-16(15)21-3/h4-10,19H,11H2,1-3H3. The normalized spacial score (nSPS) is 13.6. The van der Waals surface area contributed by atoms with Crippen molar-refractivity contribution in [3.05, 3.63) is 58.1 Å². The highest BCUT2D eigenvalue weighted by molar-refractivity contribution is 9.10. The van der Waals surface area contributed by atoms with E-state index in [1.54, 1.807) is 21.1 Å². The lowest BCUT2D eigenvalue weighted by atomic mass is 9.88. The molecule has 0 amide bonds. The van der Waals surface area contributed by atoms with E-state index < -0.39 is 5.60 Å². The summed E-state index contributed by atoms with van der Waals surface area (Å²) in [6, 6.07) is 13.4. The third kappa shape index (κ3) is 3.77. The minimum atomic E-state index is -1.05. The second-order valence-corrected chi connectivity index (χ2v) is 6.06. The maximum Gasteiger partial charge on any atom is 0.125 e. The largest absolute Gasteiger partial charge is 0.497 e. The first-order valence-corrected chi connectivity index (χ1v) is 7.45. The summed E-state index contributed by atoms with van der Waals surface area (Å²) in [7, 11) is 3.20. The first-order valence-electron chi connectivity index (χ1n) is 6.65. The second kappa shape index (κ2) is 6.50. The Balaban J connectivity index is 2.35. The second-order valence-electron chi connectivity index (χ2n) is 5.14. The number of aliphatic hydroxyl groups is 1. The lowest BCUT2D eigenvalue weighted by molar-refractivity contribution is 0.0547. The van der Waals surface area contributed by atoms with E-state index in [0.717, 1.165) is 10.0 Å². The van der Waals surface area contributed by atoms with Crippen LogP contribution in [0.3, 0.4) is 0 Å². The molecule has 1 atom stereocenters. The van der Waals surface area contributed by atoms with E-state index in [9.17, 15) is 5.11 Å². The van der Waals surface area contributed by atoms with E-state index in [-0.39, 0.29) is 0 Å². The minimum absolute atomic E-state index is 0.490. The lowest BCUT2D eigenvalue weighted by Crippen LogP contribution is -2.25. The van der Waals surface area contributed by atoms with Gasteiger partial charge in [0.2, 0.25) is 0 Å². The Bertz CT molecular complexity index is 606. The zero-order chi connectivity index (χ0) is 15.5. The Hall–Kier alpha value is -1.52. The molecule has 0 saturated carbocycles. The van der Waals surface area contributed by atoms with Crippen molar-refractivity contribution in [2.75, 3.05) is 14.2 Å². The van der Waals surface area contributed by atoms with E-state index >= 15 is 0 Å². The van der Waals surface area contributed by atoms with E-state index in [2.05, 4.69) is 15.9 Å². The van der Waals surface area contributed by atoms with Crippen molar-refractivity contribution in [2.24, 2.45) is 0 Å². The van der Waals surface area contributed by atoms with Crippen molar-refractivity contribution >= 4 is 15.9 Å². The summed E-state index contributed by atoms with van der Waals surface area (Å²) in [6.07, 6.45) is 0.490. The summed E-state index contributed by atoms with van der Waals surface area (Å²) in [5, 5.41) is 10.9. The number of rotatable bonds is 5. The molecular weight excluding hydrogens is 332 g/mol. The molecule has 1 N–H and O–H groups in total.